The highest BCUT2D eigenvalue weighted by Gasteiger charge is 2.19. The number of imidazole rings is 1. The molecule has 0 radical (unpaired) electrons. The van der Waals surface area contributed by atoms with Crippen molar-refractivity contribution in [2.75, 3.05) is 13.7 Å². The quantitative estimate of drug-likeness (QED) is 0.398. The Morgan fingerprint density at radius 1 is 1.06 bits per heavy atom. The monoisotopic (exact) mass is 449 g/mol. The minimum atomic E-state index is -0.310. The van der Waals surface area contributed by atoms with Gasteiger partial charge in [0.2, 0.25) is 0 Å². The fraction of sp³-hybridized carbons (Fsp3) is 0.200. The van der Waals surface area contributed by atoms with Crippen molar-refractivity contribution in [3.8, 4) is 11.5 Å². The molecule has 0 saturated carbocycles. The van der Waals surface area contributed by atoms with Gasteiger partial charge in [0.25, 0.3) is 5.91 Å². The minimum Gasteiger partial charge on any atom is -0.497 e. The van der Waals surface area contributed by atoms with Crippen LogP contribution in [0.15, 0.2) is 72.8 Å². The summed E-state index contributed by atoms with van der Waals surface area (Å²) in [6.07, 6.45) is 0. The van der Waals surface area contributed by atoms with E-state index in [1.807, 2.05) is 55.5 Å². The lowest BCUT2D eigenvalue weighted by molar-refractivity contribution is 0.0937. The van der Waals surface area contributed by atoms with Crippen LogP contribution in [-0.4, -0.2) is 29.2 Å². The number of nitrogens with zero attached hydrogens (tertiary/aromatic N) is 2. The number of rotatable bonds is 8. The van der Waals surface area contributed by atoms with E-state index in [2.05, 4.69) is 9.88 Å². The summed E-state index contributed by atoms with van der Waals surface area (Å²) in [5.74, 6) is 2.11. The molecule has 7 heteroatoms. The van der Waals surface area contributed by atoms with Crippen LogP contribution >= 0.6 is 11.6 Å². The zero-order valence-corrected chi connectivity index (χ0v) is 18.7. The van der Waals surface area contributed by atoms with Gasteiger partial charge in [-0.25, -0.2) is 4.98 Å². The van der Waals surface area contributed by atoms with Crippen LogP contribution in [0.2, 0.25) is 5.02 Å². The van der Waals surface area contributed by atoms with Gasteiger partial charge in [-0.2, -0.15) is 0 Å². The van der Waals surface area contributed by atoms with Crippen molar-refractivity contribution in [2.45, 2.75) is 19.5 Å². The van der Waals surface area contributed by atoms with E-state index in [1.165, 1.54) is 0 Å². The molecular formula is C25H24ClN3O3. The van der Waals surface area contributed by atoms with Gasteiger partial charge in [-0.1, -0.05) is 29.8 Å². The summed E-state index contributed by atoms with van der Waals surface area (Å²) in [4.78, 5) is 17.5. The molecule has 0 saturated heterocycles. The molecule has 1 heterocycles. The molecule has 0 fully saturated rings. The Kier molecular flexibility index (Phi) is 6.61. The van der Waals surface area contributed by atoms with E-state index in [0.29, 0.717) is 23.7 Å². The summed E-state index contributed by atoms with van der Waals surface area (Å²) in [7, 11) is 1.63. The Labute approximate surface area is 191 Å². The van der Waals surface area contributed by atoms with E-state index < -0.39 is 0 Å². The Balaban J connectivity index is 1.52. The zero-order valence-electron chi connectivity index (χ0n) is 17.9. The van der Waals surface area contributed by atoms with Gasteiger partial charge in [0.15, 0.2) is 0 Å². The number of carbonyl (C=O) groups excluding carboxylic acids is 1. The number of carbonyl (C=O) groups is 1. The number of para-hydroxylation sites is 2. The van der Waals surface area contributed by atoms with Crippen LogP contribution < -0.4 is 14.8 Å². The van der Waals surface area contributed by atoms with Gasteiger partial charge < -0.3 is 19.4 Å². The van der Waals surface area contributed by atoms with Crippen molar-refractivity contribution < 1.29 is 14.3 Å². The molecule has 0 bridgehead atoms. The molecule has 0 aliphatic heterocycles. The van der Waals surface area contributed by atoms with Gasteiger partial charge in [-0.3, -0.25) is 4.79 Å². The first-order valence-electron chi connectivity index (χ1n) is 10.3. The topological polar surface area (TPSA) is 65.4 Å². The molecular weight excluding hydrogens is 426 g/mol. The maximum absolute atomic E-state index is 12.7. The number of ether oxygens (including phenoxy) is 2. The molecule has 0 aliphatic carbocycles. The van der Waals surface area contributed by atoms with Gasteiger partial charge in [0.1, 0.15) is 23.9 Å². The first-order chi connectivity index (χ1) is 15.5. The van der Waals surface area contributed by atoms with E-state index >= 15 is 0 Å². The number of nitrogens with one attached hydrogen (secondary N) is 1. The van der Waals surface area contributed by atoms with E-state index in [1.54, 1.807) is 31.4 Å². The van der Waals surface area contributed by atoms with Crippen LogP contribution in [0.1, 0.15) is 29.1 Å². The average molecular weight is 450 g/mol. The van der Waals surface area contributed by atoms with Crippen molar-refractivity contribution in [2.24, 2.45) is 0 Å². The highest BCUT2D eigenvalue weighted by Crippen LogP contribution is 2.22. The van der Waals surface area contributed by atoms with Gasteiger partial charge in [-0.05, 0) is 61.5 Å². The normalized spacial score (nSPS) is 11.8. The molecule has 32 heavy (non-hydrogen) atoms. The molecule has 3 aromatic carbocycles. The lowest BCUT2D eigenvalue weighted by Gasteiger charge is -2.17. The van der Waals surface area contributed by atoms with Gasteiger partial charge >= 0.3 is 0 Å². The Morgan fingerprint density at radius 3 is 2.56 bits per heavy atom. The molecule has 1 atom stereocenters. The number of aromatic nitrogens is 2. The first-order valence-corrected chi connectivity index (χ1v) is 10.7. The second-order valence-corrected chi connectivity index (χ2v) is 7.78. The highest BCUT2D eigenvalue weighted by molar-refractivity contribution is 6.30. The van der Waals surface area contributed by atoms with Crippen LogP contribution in [0.25, 0.3) is 11.0 Å². The summed E-state index contributed by atoms with van der Waals surface area (Å²) in [6.45, 7) is 2.96. The molecule has 6 nitrogen and oxygen atoms in total. The number of benzene rings is 3. The number of methoxy groups -OCH3 is 1. The van der Waals surface area contributed by atoms with Crippen molar-refractivity contribution in [1.29, 1.82) is 0 Å². The molecule has 1 aromatic heterocycles. The van der Waals surface area contributed by atoms with Gasteiger partial charge in [0, 0.05) is 10.6 Å². The molecule has 1 N–H and O–H groups in total. The van der Waals surface area contributed by atoms with Crippen LogP contribution in [0.5, 0.6) is 11.5 Å². The number of hydrogen-bond donors (Lipinski definition) is 1. The Morgan fingerprint density at radius 2 is 1.81 bits per heavy atom. The largest absolute Gasteiger partial charge is 0.497 e. The van der Waals surface area contributed by atoms with Crippen molar-refractivity contribution in [3.05, 3.63) is 89.2 Å². The summed E-state index contributed by atoms with van der Waals surface area (Å²) in [6, 6.07) is 22.0. The molecule has 0 aliphatic rings. The predicted octanol–water partition coefficient (Wildman–Crippen LogP) is 5.27. The zero-order chi connectivity index (χ0) is 22.5. The lowest BCUT2D eigenvalue weighted by atomic mass is 10.2. The summed E-state index contributed by atoms with van der Waals surface area (Å²) < 4.78 is 13.2. The number of halogens is 1. The highest BCUT2D eigenvalue weighted by atomic mass is 35.5. The van der Waals surface area contributed by atoms with Gasteiger partial charge in [0.05, 0.1) is 30.7 Å². The minimum absolute atomic E-state index is 0.201. The van der Waals surface area contributed by atoms with Crippen molar-refractivity contribution in [1.82, 2.24) is 14.9 Å². The Hall–Kier alpha value is -3.51. The third kappa shape index (κ3) is 4.86. The second kappa shape index (κ2) is 9.75. The third-order valence-electron chi connectivity index (χ3n) is 5.15. The molecule has 1 amide bonds. The fourth-order valence-electron chi connectivity index (χ4n) is 3.56. The Bertz CT molecular complexity index is 1220. The number of amides is 1. The SMILES string of the molecule is COc1ccc(OCCn2c(C(C)NC(=O)c3cccc(Cl)c3)nc3ccccc32)cc1. The molecule has 0 spiro atoms. The van der Waals surface area contributed by atoms with Crippen LogP contribution in [-0.2, 0) is 6.54 Å². The third-order valence-corrected chi connectivity index (χ3v) is 5.38. The van der Waals surface area contributed by atoms with E-state index in [-0.39, 0.29) is 11.9 Å². The predicted molar refractivity (Wildman–Crippen MR) is 126 cm³/mol. The summed E-state index contributed by atoms with van der Waals surface area (Å²) >= 11 is 6.03. The first kappa shape index (κ1) is 21.7. The van der Waals surface area contributed by atoms with Crippen LogP contribution in [0.3, 0.4) is 0 Å². The molecule has 164 valence electrons. The maximum Gasteiger partial charge on any atom is 0.251 e. The van der Waals surface area contributed by atoms with E-state index in [0.717, 1.165) is 28.4 Å². The molecule has 4 rings (SSSR count). The van der Waals surface area contributed by atoms with Gasteiger partial charge in [-0.15, -0.1) is 0 Å². The van der Waals surface area contributed by atoms with Crippen molar-refractivity contribution >= 4 is 28.5 Å². The summed E-state index contributed by atoms with van der Waals surface area (Å²) in [5.41, 5.74) is 2.37. The van der Waals surface area contributed by atoms with E-state index in [4.69, 9.17) is 26.1 Å². The average Bonchev–Trinajstić information content (AvgIpc) is 3.18. The standard InChI is InChI=1S/C25H24ClN3O3/c1-17(27-25(30)18-6-5-7-19(26)16-18)24-28-22-8-3-4-9-23(22)29(24)14-15-32-21-12-10-20(31-2)11-13-21/h3-13,16-17H,14-15H2,1-2H3,(H,27,30). The molecule has 1 unspecified atom stereocenters. The van der Waals surface area contributed by atoms with Crippen molar-refractivity contribution in [3.63, 3.8) is 0 Å². The fourth-order valence-corrected chi connectivity index (χ4v) is 3.75. The number of hydrogen-bond acceptors (Lipinski definition) is 4. The maximum atomic E-state index is 12.7. The summed E-state index contributed by atoms with van der Waals surface area (Å²) in [5, 5.41) is 3.55. The lowest BCUT2D eigenvalue weighted by Crippen LogP contribution is -2.29. The number of fused-ring (bicyclic) bond motifs is 1. The van der Waals surface area contributed by atoms with E-state index in [9.17, 15) is 4.79 Å². The second-order valence-electron chi connectivity index (χ2n) is 7.34. The molecule has 4 aromatic rings. The smallest absolute Gasteiger partial charge is 0.251 e. The van der Waals surface area contributed by atoms with Crippen LogP contribution in [0.4, 0.5) is 0 Å². The van der Waals surface area contributed by atoms with Crippen LogP contribution in [0, 0.1) is 0 Å².